The molecule has 2 aromatic heterocycles. The van der Waals surface area contributed by atoms with Gasteiger partial charge in [0.05, 0.1) is 12.2 Å². The van der Waals surface area contributed by atoms with Crippen molar-refractivity contribution in [1.82, 2.24) is 20.0 Å². The van der Waals surface area contributed by atoms with E-state index in [1.807, 2.05) is 12.1 Å². The van der Waals surface area contributed by atoms with E-state index in [0.29, 0.717) is 12.6 Å². The molecule has 1 unspecified atom stereocenters. The van der Waals surface area contributed by atoms with E-state index in [0.717, 1.165) is 30.3 Å². The predicted molar refractivity (Wildman–Crippen MR) is 103 cm³/mol. The number of nitrogens with one attached hydrogen (secondary N) is 2. The standard InChI is InChI=1S/C16H25N5.HI/c1-5-12(3)19-16(17-6-2)18-10-14-11-21-13(4)8-7-9-15(21)20-14;/h7-9,11-12H,5-6,10H2,1-4H3,(H2,17,18,19);1H. The molecule has 5 nitrogen and oxygen atoms in total. The Hall–Kier alpha value is -1.31. The van der Waals surface area contributed by atoms with E-state index in [-0.39, 0.29) is 24.0 Å². The first kappa shape index (κ1) is 18.7. The number of rotatable bonds is 5. The van der Waals surface area contributed by atoms with Gasteiger partial charge in [0.1, 0.15) is 5.65 Å². The summed E-state index contributed by atoms with van der Waals surface area (Å²) >= 11 is 0. The van der Waals surface area contributed by atoms with E-state index in [1.54, 1.807) is 0 Å². The number of aryl methyl sites for hydroxylation is 1. The van der Waals surface area contributed by atoms with Crippen molar-refractivity contribution < 1.29 is 0 Å². The molecule has 0 saturated heterocycles. The summed E-state index contributed by atoms with van der Waals surface area (Å²) in [6, 6.07) is 6.53. The van der Waals surface area contributed by atoms with Gasteiger partial charge in [-0.1, -0.05) is 13.0 Å². The van der Waals surface area contributed by atoms with Crippen molar-refractivity contribution in [3.05, 3.63) is 35.8 Å². The van der Waals surface area contributed by atoms with Crippen LogP contribution in [0, 0.1) is 6.92 Å². The van der Waals surface area contributed by atoms with Gasteiger partial charge in [-0.25, -0.2) is 9.98 Å². The highest BCUT2D eigenvalue weighted by Gasteiger charge is 2.05. The average Bonchev–Trinajstić information content (AvgIpc) is 2.89. The van der Waals surface area contributed by atoms with Crippen molar-refractivity contribution in [3.8, 4) is 0 Å². The van der Waals surface area contributed by atoms with Gasteiger partial charge in [-0.05, 0) is 39.3 Å². The summed E-state index contributed by atoms with van der Waals surface area (Å²) in [5, 5.41) is 6.65. The van der Waals surface area contributed by atoms with Gasteiger partial charge in [0.15, 0.2) is 5.96 Å². The second-order valence-electron chi connectivity index (χ2n) is 5.28. The molecule has 122 valence electrons. The highest BCUT2D eigenvalue weighted by molar-refractivity contribution is 14.0. The second kappa shape index (κ2) is 8.97. The quantitative estimate of drug-likeness (QED) is 0.448. The molecule has 2 rings (SSSR count). The SMILES string of the molecule is CCNC(=NCc1cn2c(C)cccc2n1)NC(C)CC.I. The van der Waals surface area contributed by atoms with Gasteiger partial charge >= 0.3 is 0 Å². The lowest BCUT2D eigenvalue weighted by molar-refractivity contribution is 0.624. The largest absolute Gasteiger partial charge is 0.357 e. The predicted octanol–water partition coefficient (Wildman–Crippen LogP) is 3.11. The number of pyridine rings is 1. The molecule has 0 amide bonds. The Morgan fingerprint density at radius 3 is 2.77 bits per heavy atom. The van der Waals surface area contributed by atoms with E-state index >= 15 is 0 Å². The van der Waals surface area contributed by atoms with Crippen molar-refractivity contribution >= 4 is 35.6 Å². The fraction of sp³-hybridized carbons (Fsp3) is 0.500. The molecule has 0 radical (unpaired) electrons. The van der Waals surface area contributed by atoms with Crippen LogP contribution in [0.3, 0.4) is 0 Å². The van der Waals surface area contributed by atoms with Crippen LogP contribution in [0.1, 0.15) is 38.6 Å². The number of aliphatic imine (C=N–C) groups is 1. The molecular formula is C16H26IN5. The topological polar surface area (TPSA) is 53.7 Å². The van der Waals surface area contributed by atoms with Crippen LogP contribution in [-0.2, 0) is 6.54 Å². The molecule has 0 fully saturated rings. The van der Waals surface area contributed by atoms with Gasteiger partial charge < -0.3 is 15.0 Å². The van der Waals surface area contributed by atoms with Crippen molar-refractivity contribution in [2.24, 2.45) is 4.99 Å². The zero-order chi connectivity index (χ0) is 15.2. The van der Waals surface area contributed by atoms with Gasteiger partial charge in [0.2, 0.25) is 0 Å². The number of imidazole rings is 1. The van der Waals surface area contributed by atoms with Crippen molar-refractivity contribution in [1.29, 1.82) is 0 Å². The molecule has 0 spiro atoms. The number of nitrogens with zero attached hydrogens (tertiary/aromatic N) is 3. The third-order valence-corrected chi connectivity index (χ3v) is 3.48. The van der Waals surface area contributed by atoms with Crippen LogP contribution in [0.4, 0.5) is 0 Å². The molecule has 2 aromatic rings. The first-order valence-corrected chi connectivity index (χ1v) is 7.62. The molecule has 0 saturated carbocycles. The highest BCUT2D eigenvalue weighted by atomic mass is 127. The summed E-state index contributed by atoms with van der Waals surface area (Å²) in [6.45, 7) is 9.89. The third kappa shape index (κ3) is 4.86. The molecule has 0 aromatic carbocycles. The fourth-order valence-electron chi connectivity index (χ4n) is 2.09. The molecule has 6 heteroatoms. The number of hydrogen-bond donors (Lipinski definition) is 2. The Kier molecular flexibility index (Phi) is 7.64. The third-order valence-electron chi connectivity index (χ3n) is 3.48. The van der Waals surface area contributed by atoms with Crippen LogP contribution in [0.25, 0.3) is 5.65 Å². The average molecular weight is 415 g/mol. The van der Waals surface area contributed by atoms with E-state index in [2.05, 4.69) is 65.0 Å². The van der Waals surface area contributed by atoms with Crippen molar-refractivity contribution in [2.75, 3.05) is 6.54 Å². The molecule has 0 bridgehead atoms. The van der Waals surface area contributed by atoms with Gasteiger partial charge in [-0.15, -0.1) is 24.0 Å². The minimum absolute atomic E-state index is 0. The Morgan fingerprint density at radius 2 is 2.14 bits per heavy atom. The Labute approximate surface area is 149 Å². The summed E-state index contributed by atoms with van der Waals surface area (Å²) in [5.41, 5.74) is 3.13. The molecule has 0 aliphatic rings. The van der Waals surface area contributed by atoms with Gasteiger partial charge in [-0.2, -0.15) is 0 Å². The minimum atomic E-state index is 0. The molecule has 22 heavy (non-hydrogen) atoms. The Morgan fingerprint density at radius 1 is 1.36 bits per heavy atom. The van der Waals surface area contributed by atoms with Gasteiger partial charge in [-0.3, -0.25) is 0 Å². The Balaban J connectivity index is 0.00000242. The number of guanidine groups is 1. The molecule has 1 atom stereocenters. The maximum Gasteiger partial charge on any atom is 0.191 e. The number of fused-ring (bicyclic) bond motifs is 1. The van der Waals surface area contributed by atoms with Gasteiger partial charge in [0, 0.05) is 24.5 Å². The van der Waals surface area contributed by atoms with Crippen molar-refractivity contribution in [3.63, 3.8) is 0 Å². The first-order chi connectivity index (χ1) is 10.1. The van der Waals surface area contributed by atoms with Crippen LogP contribution in [-0.4, -0.2) is 27.9 Å². The normalized spacial score (nSPS) is 12.8. The highest BCUT2D eigenvalue weighted by Crippen LogP contribution is 2.09. The second-order valence-corrected chi connectivity index (χ2v) is 5.28. The summed E-state index contributed by atoms with van der Waals surface area (Å²) in [6.07, 6.45) is 3.12. The van der Waals surface area contributed by atoms with Gasteiger partial charge in [0.25, 0.3) is 0 Å². The maximum absolute atomic E-state index is 4.62. The minimum Gasteiger partial charge on any atom is -0.357 e. The lowest BCUT2D eigenvalue weighted by Gasteiger charge is -2.15. The van der Waals surface area contributed by atoms with Crippen LogP contribution in [0.15, 0.2) is 29.4 Å². The van der Waals surface area contributed by atoms with E-state index in [9.17, 15) is 0 Å². The molecule has 2 N–H and O–H groups in total. The zero-order valence-corrected chi connectivity index (χ0v) is 16.1. The first-order valence-electron chi connectivity index (χ1n) is 7.62. The summed E-state index contributed by atoms with van der Waals surface area (Å²) in [7, 11) is 0. The number of aromatic nitrogens is 2. The summed E-state index contributed by atoms with van der Waals surface area (Å²) in [4.78, 5) is 9.22. The van der Waals surface area contributed by atoms with Crippen LogP contribution >= 0.6 is 24.0 Å². The summed E-state index contributed by atoms with van der Waals surface area (Å²) in [5.74, 6) is 0.848. The molecule has 0 aliphatic carbocycles. The summed E-state index contributed by atoms with van der Waals surface area (Å²) < 4.78 is 2.10. The van der Waals surface area contributed by atoms with E-state index in [1.165, 1.54) is 5.69 Å². The lowest BCUT2D eigenvalue weighted by atomic mass is 10.3. The number of halogens is 1. The smallest absolute Gasteiger partial charge is 0.191 e. The molecule has 2 heterocycles. The molecule has 0 aliphatic heterocycles. The van der Waals surface area contributed by atoms with Crippen molar-refractivity contribution in [2.45, 2.75) is 46.7 Å². The molecular weight excluding hydrogens is 389 g/mol. The van der Waals surface area contributed by atoms with Crippen LogP contribution in [0.5, 0.6) is 0 Å². The monoisotopic (exact) mass is 415 g/mol. The van der Waals surface area contributed by atoms with Crippen LogP contribution in [0.2, 0.25) is 0 Å². The Bertz CT molecular complexity index is 620. The van der Waals surface area contributed by atoms with E-state index < -0.39 is 0 Å². The number of hydrogen-bond acceptors (Lipinski definition) is 2. The van der Waals surface area contributed by atoms with E-state index in [4.69, 9.17) is 0 Å². The lowest BCUT2D eigenvalue weighted by Crippen LogP contribution is -2.41. The zero-order valence-electron chi connectivity index (χ0n) is 13.8. The fourth-order valence-corrected chi connectivity index (χ4v) is 2.09. The maximum atomic E-state index is 4.62. The van der Waals surface area contributed by atoms with Crippen LogP contribution < -0.4 is 10.6 Å².